The minimum atomic E-state index is -0.818. The highest BCUT2D eigenvalue weighted by Gasteiger charge is 2.44. The van der Waals surface area contributed by atoms with E-state index in [2.05, 4.69) is 11.8 Å². The molecule has 2 aliphatic heterocycles. The van der Waals surface area contributed by atoms with Gasteiger partial charge in [0.15, 0.2) is 0 Å². The zero-order chi connectivity index (χ0) is 23.4. The normalized spacial score (nSPS) is 19.8. The van der Waals surface area contributed by atoms with E-state index in [1.165, 1.54) is 4.90 Å². The fraction of sp³-hybridized carbons (Fsp3) is 0.462. The van der Waals surface area contributed by atoms with Gasteiger partial charge in [0.1, 0.15) is 5.75 Å². The van der Waals surface area contributed by atoms with Gasteiger partial charge in [0.05, 0.1) is 6.61 Å². The Hall–Kier alpha value is -3.22. The van der Waals surface area contributed by atoms with Gasteiger partial charge in [0.2, 0.25) is 0 Å². The lowest BCUT2D eigenvalue weighted by Crippen LogP contribution is -2.33. The predicted octanol–water partition coefficient (Wildman–Crippen LogP) is 4.72. The number of hydrogen-bond donors (Lipinski definition) is 1. The maximum Gasteiger partial charge on any atom is 0.407 e. The molecule has 0 saturated carbocycles. The van der Waals surface area contributed by atoms with Gasteiger partial charge in [-0.3, -0.25) is 4.79 Å². The van der Waals surface area contributed by atoms with Crippen LogP contribution in [0.2, 0.25) is 0 Å². The number of likely N-dealkylation sites (tertiary alicyclic amines) is 1. The molecule has 176 valence electrons. The lowest BCUT2D eigenvalue weighted by atomic mass is 9.86. The van der Waals surface area contributed by atoms with Crippen LogP contribution in [-0.2, 0) is 0 Å². The Balaban J connectivity index is 1.36. The second-order valence-corrected chi connectivity index (χ2v) is 9.23. The summed E-state index contributed by atoms with van der Waals surface area (Å²) < 4.78 is 5.68. The van der Waals surface area contributed by atoms with Gasteiger partial charge < -0.3 is 24.5 Å². The van der Waals surface area contributed by atoms with Crippen LogP contribution in [0, 0.1) is 5.41 Å². The van der Waals surface area contributed by atoms with Crippen molar-refractivity contribution in [3.05, 3.63) is 54.1 Å². The van der Waals surface area contributed by atoms with Gasteiger partial charge in [-0.25, -0.2) is 4.79 Å². The van der Waals surface area contributed by atoms with Crippen LogP contribution in [0.4, 0.5) is 16.2 Å². The van der Waals surface area contributed by atoms with Crippen molar-refractivity contribution in [3.8, 4) is 5.75 Å². The third kappa shape index (κ3) is 5.07. The van der Waals surface area contributed by atoms with Crippen LogP contribution in [0.25, 0.3) is 0 Å². The second-order valence-electron chi connectivity index (χ2n) is 9.23. The molecule has 0 radical (unpaired) electrons. The number of anilines is 2. The standard InChI is InChI=1S/C26H33N3O4/c1-3-4-17-33-23-11-5-20(6-12-23)24(30)27(2)21-7-9-22(10-8-21)28-15-13-26(18-28)14-16-29(19-26)25(31)32/h5-12H,3-4,13-19H2,1-2H3,(H,31,32). The van der Waals surface area contributed by atoms with Crippen molar-refractivity contribution in [2.75, 3.05) is 49.6 Å². The lowest BCUT2D eigenvalue weighted by Gasteiger charge is -2.25. The monoisotopic (exact) mass is 451 g/mol. The van der Waals surface area contributed by atoms with Crippen molar-refractivity contribution in [1.29, 1.82) is 0 Å². The number of nitrogens with zero attached hydrogens (tertiary/aromatic N) is 3. The Labute approximate surface area is 195 Å². The summed E-state index contributed by atoms with van der Waals surface area (Å²) in [5.41, 5.74) is 2.63. The molecule has 0 aliphatic carbocycles. The number of carbonyl (C=O) groups is 2. The minimum Gasteiger partial charge on any atom is -0.494 e. The van der Waals surface area contributed by atoms with E-state index < -0.39 is 6.09 Å². The van der Waals surface area contributed by atoms with Crippen molar-refractivity contribution in [3.63, 3.8) is 0 Å². The van der Waals surface area contributed by atoms with Crippen LogP contribution >= 0.6 is 0 Å². The van der Waals surface area contributed by atoms with E-state index in [-0.39, 0.29) is 11.3 Å². The first-order chi connectivity index (χ1) is 15.9. The molecule has 33 heavy (non-hydrogen) atoms. The van der Waals surface area contributed by atoms with E-state index in [1.54, 1.807) is 24.1 Å². The topological polar surface area (TPSA) is 73.3 Å². The molecule has 1 atom stereocenters. The van der Waals surface area contributed by atoms with Gasteiger partial charge in [-0.05, 0) is 67.8 Å². The Kier molecular flexibility index (Phi) is 6.77. The molecule has 1 N–H and O–H groups in total. The molecule has 2 amide bonds. The quantitative estimate of drug-likeness (QED) is 0.617. The van der Waals surface area contributed by atoms with Gasteiger partial charge in [-0.1, -0.05) is 13.3 Å². The van der Waals surface area contributed by atoms with E-state index in [9.17, 15) is 14.7 Å². The first-order valence-electron chi connectivity index (χ1n) is 11.7. The molecule has 2 saturated heterocycles. The minimum absolute atomic E-state index is 0.0657. The lowest BCUT2D eigenvalue weighted by molar-refractivity contribution is 0.0993. The summed E-state index contributed by atoms with van der Waals surface area (Å²) in [5, 5.41) is 9.28. The van der Waals surface area contributed by atoms with Crippen LogP contribution in [0.5, 0.6) is 5.75 Å². The third-order valence-corrected chi connectivity index (χ3v) is 6.92. The summed E-state index contributed by atoms with van der Waals surface area (Å²) in [4.78, 5) is 29.8. The number of hydrogen-bond acceptors (Lipinski definition) is 4. The average molecular weight is 452 g/mol. The second kappa shape index (κ2) is 9.73. The molecule has 0 bridgehead atoms. The van der Waals surface area contributed by atoms with E-state index in [1.807, 2.05) is 36.4 Å². The first kappa shape index (κ1) is 23.0. The summed E-state index contributed by atoms with van der Waals surface area (Å²) >= 11 is 0. The molecule has 4 rings (SSSR count). The number of unbranched alkanes of at least 4 members (excludes halogenated alkanes) is 1. The molecule has 2 aromatic rings. The highest BCUT2D eigenvalue weighted by Crippen LogP contribution is 2.41. The van der Waals surface area contributed by atoms with Crippen molar-refractivity contribution in [2.24, 2.45) is 5.41 Å². The largest absolute Gasteiger partial charge is 0.494 e. The van der Waals surface area contributed by atoms with Gasteiger partial charge in [-0.15, -0.1) is 0 Å². The molecule has 2 aromatic carbocycles. The van der Waals surface area contributed by atoms with Crippen LogP contribution in [0.3, 0.4) is 0 Å². The van der Waals surface area contributed by atoms with Crippen molar-refractivity contribution < 1.29 is 19.4 Å². The molecule has 1 spiro atoms. The molecule has 7 heteroatoms. The summed E-state index contributed by atoms with van der Waals surface area (Å²) in [6.45, 7) is 5.86. The zero-order valence-electron chi connectivity index (χ0n) is 19.5. The Bertz CT molecular complexity index is 976. The van der Waals surface area contributed by atoms with E-state index >= 15 is 0 Å². The Morgan fingerprint density at radius 3 is 2.36 bits per heavy atom. The molecule has 7 nitrogen and oxygen atoms in total. The Morgan fingerprint density at radius 2 is 1.73 bits per heavy atom. The number of carboxylic acid groups (broad SMARTS) is 1. The zero-order valence-corrected chi connectivity index (χ0v) is 19.5. The van der Waals surface area contributed by atoms with Gasteiger partial charge in [0, 0.05) is 55.6 Å². The molecule has 0 aromatic heterocycles. The molecule has 2 fully saturated rings. The van der Waals surface area contributed by atoms with Gasteiger partial charge in [0.25, 0.3) is 5.91 Å². The van der Waals surface area contributed by atoms with Gasteiger partial charge >= 0.3 is 6.09 Å². The Morgan fingerprint density at radius 1 is 1.03 bits per heavy atom. The van der Waals surface area contributed by atoms with E-state index in [4.69, 9.17) is 4.74 Å². The van der Waals surface area contributed by atoms with E-state index in [0.29, 0.717) is 25.3 Å². The number of benzene rings is 2. The van der Waals surface area contributed by atoms with Gasteiger partial charge in [-0.2, -0.15) is 0 Å². The summed E-state index contributed by atoms with van der Waals surface area (Å²) in [7, 11) is 1.78. The predicted molar refractivity (Wildman–Crippen MR) is 129 cm³/mol. The highest BCUT2D eigenvalue weighted by molar-refractivity contribution is 6.05. The average Bonchev–Trinajstić information content (AvgIpc) is 3.46. The summed E-state index contributed by atoms with van der Waals surface area (Å²) in [5.74, 6) is 0.715. The highest BCUT2D eigenvalue weighted by atomic mass is 16.5. The number of amides is 2. The van der Waals surface area contributed by atoms with Crippen molar-refractivity contribution >= 4 is 23.4 Å². The van der Waals surface area contributed by atoms with Crippen molar-refractivity contribution in [2.45, 2.75) is 32.6 Å². The van der Waals surface area contributed by atoms with Crippen LogP contribution in [0.15, 0.2) is 48.5 Å². The number of ether oxygens (including phenoxy) is 1. The molecule has 1 unspecified atom stereocenters. The van der Waals surface area contributed by atoms with Crippen molar-refractivity contribution in [1.82, 2.24) is 4.90 Å². The molecular weight excluding hydrogens is 418 g/mol. The van der Waals surface area contributed by atoms with Crippen LogP contribution in [-0.4, -0.2) is 61.8 Å². The van der Waals surface area contributed by atoms with E-state index in [0.717, 1.165) is 55.9 Å². The fourth-order valence-corrected chi connectivity index (χ4v) is 4.81. The maximum atomic E-state index is 12.9. The van der Waals surface area contributed by atoms with Crippen LogP contribution in [0.1, 0.15) is 43.0 Å². The van der Waals surface area contributed by atoms with Crippen LogP contribution < -0.4 is 14.5 Å². The smallest absolute Gasteiger partial charge is 0.407 e. The molecular formula is C26H33N3O4. The summed E-state index contributed by atoms with van der Waals surface area (Å²) in [6.07, 6.45) is 3.21. The fourth-order valence-electron chi connectivity index (χ4n) is 4.81. The summed E-state index contributed by atoms with van der Waals surface area (Å²) in [6, 6.07) is 15.3. The number of rotatable bonds is 7. The third-order valence-electron chi connectivity index (χ3n) is 6.92. The molecule has 2 heterocycles. The SMILES string of the molecule is CCCCOc1ccc(C(=O)N(C)c2ccc(N3CCC4(CCN(C(=O)O)C4)C3)cc2)cc1. The molecule has 2 aliphatic rings. The first-order valence-corrected chi connectivity index (χ1v) is 11.7. The number of carbonyl (C=O) groups excluding carboxylic acids is 1. The maximum absolute atomic E-state index is 12.9.